The third-order valence-electron chi connectivity index (χ3n) is 9.49. The highest BCUT2D eigenvalue weighted by Gasteiger charge is 2.35. The van der Waals surface area contributed by atoms with Crippen LogP contribution < -0.4 is 10.2 Å². The molecule has 4 aromatic heterocycles. The number of carbonyl (C=O) groups is 1. The lowest BCUT2D eigenvalue weighted by molar-refractivity contribution is -0.124. The Morgan fingerprint density at radius 1 is 1.04 bits per heavy atom. The molecule has 1 atom stereocenters. The van der Waals surface area contributed by atoms with E-state index in [9.17, 15) is 10.1 Å². The predicted octanol–water partition coefficient (Wildman–Crippen LogP) is 5.61. The molecule has 238 valence electrons. The first-order valence-corrected chi connectivity index (χ1v) is 17.1. The first-order chi connectivity index (χ1) is 23.0. The van der Waals surface area contributed by atoms with E-state index in [0.29, 0.717) is 18.0 Å². The van der Waals surface area contributed by atoms with Gasteiger partial charge in [0.05, 0.1) is 41.8 Å². The van der Waals surface area contributed by atoms with Gasteiger partial charge in [-0.1, -0.05) is 36.4 Å². The van der Waals surface area contributed by atoms with E-state index in [-0.39, 0.29) is 17.7 Å². The topological polar surface area (TPSA) is 126 Å². The summed E-state index contributed by atoms with van der Waals surface area (Å²) in [5.41, 5.74) is 7.41. The van der Waals surface area contributed by atoms with Gasteiger partial charge in [0.2, 0.25) is 5.91 Å². The first-order valence-electron chi connectivity index (χ1n) is 16.2. The number of hydrogen-bond acceptors (Lipinski definition) is 9. The van der Waals surface area contributed by atoms with Crippen LogP contribution in [0.2, 0.25) is 0 Å². The Morgan fingerprint density at radius 2 is 1.89 bits per heavy atom. The lowest BCUT2D eigenvalue weighted by Gasteiger charge is -2.33. The third-order valence-corrected chi connectivity index (χ3v) is 10.3. The Balaban J connectivity index is 1.04. The zero-order chi connectivity index (χ0) is 32.2. The molecule has 1 aliphatic heterocycles. The number of fused-ring (bicyclic) bond motifs is 1. The minimum atomic E-state index is -0.337. The van der Waals surface area contributed by atoms with Gasteiger partial charge in [-0.05, 0) is 49.1 Å². The van der Waals surface area contributed by atoms with Crippen molar-refractivity contribution in [2.75, 3.05) is 11.4 Å². The number of carbonyl (C=O) groups excluding carboxylic acids is 1. The number of aryl methyl sites for hydroxylation is 1. The fourth-order valence-electron chi connectivity index (χ4n) is 6.93. The van der Waals surface area contributed by atoms with Gasteiger partial charge in [-0.15, -0.1) is 11.3 Å². The first kappa shape index (κ1) is 30.7. The molecule has 1 N–H and O–H groups in total. The maximum atomic E-state index is 13.8. The van der Waals surface area contributed by atoms with Gasteiger partial charge in [-0.2, -0.15) is 10.4 Å². The molecule has 0 saturated heterocycles. The number of pyridine rings is 1. The number of hydrogen-bond donors (Lipinski definition) is 1. The van der Waals surface area contributed by atoms with Crippen LogP contribution in [0.3, 0.4) is 0 Å². The number of nitrogens with one attached hydrogen (secondary N) is 1. The summed E-state index contributed by atoms with van der Waals surface area (Å²) in [5.74, 6) is 1.78. The van der Waals surface area contributed by atoms with Crippen LogP contribution in [0.4, 0.5) is 5.82 Å². The molecule has 1 saturated carbocycles. The van der Waals surface area contributed by atoms with Crippen molar-refractivity contribution in [3.8, 4) is 17.2 Å². The Bertz CT molecular complexity index is 1870. The number of aromatic nitrogens is 6. The molecule has 1 aliphatic carbocycles. The van der Waals surface area contributed by atoms with E-state index in [1.165, 1.54) is 4.88 Å². The summed E-state index contributed by atoms with van der Waals surface area (Å²) < 4.78 is 1.77. The molecule has 2 aliphatic rings. The molecule has 1 aromatic carbocycles. The molecule has 10 nitrogen and oxygen atoms in total. The Morgan fingerprint density at radius 3 is 2.64 bits per heavy atom. The second-order valence-corrected chi connectivity index (χ2v) is 13.5. The van der Waals surface area contributed by atoms with Crippen molar-refractivity contribution >= 4 is 23.1 Å². The summed E-state index contributed by atoms with van der Waals surface area (Å²) >= 11 is 1.66. The SMILES string of the molecule is Cn1cc(-c2ccc(C(C(=O)NCc3ccccc3)C3CCC(Cc4ncc(C#N)c(N5CCc6ncsc6C5)n4)CC3)nc2)cn1. The van der Waals surface area contributed by atoms with E-state index < -0.39 is 0 Å². The van der Waals surface area contributed by atoms with Crippen LogP contribution in [0.1, 0.15) is 64.8 Å². The summed E-state index contributed by atoms with van der Waals surface area (Å²) in [5, 5.41) is 17.3. The monoisotopic (exact) mass is 643 g/mol. The molecule has 1 fully saturated rings. The van der Waals surface area contributed by atoms with Crippen LogP contribution in [0, 0.1) is 23.2 Å². The lowest BCUT2D eigenvalue weighted by atomic mass is 9.73. The summed E-state index contributed by atoms with van der Waals surface area (Å²) in [6, 6.07) is 16.4. The maximum absolute atomic E-state index is 13.8. The largest absolute Gasteiger partial charge is 0.351 e. The van der Waals surface area contributed by atoms with Crippen LogP contribution in [0.25, 0.3) is 11.1 Å². The fraction of sp³-hybridized carbons (Fsp3) is 0.361. The number of nitriles is 1. The van der Waals surface area contributed by atoms with Gasteiger partial charge in [0, 0.05) is 61.4 Å². The quantitative estimate of drug-likeness (QED) is 0.220. The number of rotatable bonds is 9. The van der Waals surface area contributed by atoms with Crippen molar-refractivity contribution in [2.24, 2.45) is 18.9 Å². The van der Waals surface area contributed by atoms with Gasteiger partial charge >= 0.3 is 0 Å². The molecule has 7 rings (SSSR count). The van der Waals surface area contributed by atoms with Gasteiger partial charge < -0.3 is 10.2 Å². The normalized spacial score (nSPS) is 18.3. The molecule has 5 aromatic rings. The van der Waals surface area contributed by atoms with Crippen molar-refractivity contribution in [2.45, 2.75) is 57.5 Å². The number of thiazole rings is 1. The fourth-order valence-corrected chi connectivity index (χ4v) is 7.75. The second kappa shape index (κ2) is 13.8. The summed E-state index contributed by atoms with van der Waals surface area (Å²) in [7, 11) is 1.90. The average Bonchev–Trinajstić information content (AvgIpc) is 3.77. The molecule has 1 unspecified atom stereocenters. The van der Waals surface area contributed by atoms with E-state index in [4.69, 9.17) is 9.97 Å². The van der Waals surface area contributed by atoms with E-state index in [0.717, 1.165) is 91.3 Å². The minimum Gasteiger partial charge on any atom is -0.351 e. The van der Waals surface area contributed by atoms with Crippen LogP contribution in [0.5, 0.6) is 0 Å². The molecule has 0 spiro atoms. The molecule has 1 amide bonds. The summed E-state index contributed by atoms with van der Waals surface area (Å²) in [6.45, 7) is 2.00. The van der Waals surface area contributed by atoms with Crippen molar-refractivity contribution < 1.29 is 4.79 Å². The molecule has 11 heteroatoms. The highest BCUT2D eigenvalue weighted by atomic mass is 32.1. The highest BCUT2D eigenvalue weighted by Crippen LogP contribution is 2.39. The lowest BCUT2D eigenvalue weighted by Crippen LogP contribution is -2.35. The molecule has 0 radical (unpaired) electrons. The standard InChI is InChI=1S/C36H37N9OS/c1-44-21-29(20-42-44)27-11-12-31(38-18-27)34(36(46)40-17-25-5-3-2-4-6-25)26-9-7-24(8-10-26)15-33-39-19-28(16-37)35(43-33)45-14-13-30-32(22-45)47-23-41-30/h2-6,11-12,18-21,23-24,26,34H,7-10,13-15,17,22H2,1H3,(H,40,46). The van der Waals surface area contributed by atoms with Gasteiger partial charge in [0.1, 0.15) is 17.5 Å². The highest BCUT2D eigenvalue weighted by molar-refractivity contribution is 7.09. The average molecular weight is 644 g/mol. The van der Waals surface area contributed by atoms with E-state index in [1.807, 2.05) is 73.6 Å². The van der Waals surface area contributed by atoms with Crippen LogP contribution in [-0.2, 0) is 37.8 Å². The maximum Gasteiger partial charge on any atom is 0.229 e. The molecule has 47 heavy (non-hydrogen) atoms. The van der Waals surface area contributed by atoms with Crippen molar-refractivity contribution in [3.05, 3.63) is 106 Å². The number of amides is 1. The van der Waals surface area contributed by atoms with Crippen LogP contribution >= 0.6 is 11.3 Å². The molecule has 0 bridgehead atoms. The second-order valence-electron chi connectivity index (χ2n) is 12.6. The number of anilines is 1. The Kier molecular flexibility index (Phi) is 9.02. The molecular formula is C36H37N9OS. The summed E-state index contributed by atoms with van der Waals surface area (Å²) in [4.78, 5) is 36.1. The van der Waals surface area contributed by atoms with Crippen molar-refractivity contribution in [1.29, 1.82) is 5.26 Å². The third kappa shape index (κ3) is 6.93. The van der Waals surface area contributed by atoms with Crippen molar-refractivity contribution in [3.63, 3.8) is 0 Å². The van der Waals surface area contributed by atoms with Crippen LogP contribution in [-0.4, -0.2) is 42.2 Å². The predicted molar refractivity (Wildman–Crippen MR) is 180 cm³/mol. The minimum absolute atomic E-state index is 0.0182. The van der Waals surface area contributed by atoms with Crippen LogP contribution in [0.15, 0.2) is 72.8 Å². The zero-order valence-electron chi connectivity index (χ0n) is 26.4. The van der Waals surface area contributed by atoms with Crippen molar-refractivity contribution in [1.82, 2.24) is 35.0 Å². The van der Waals surface area contributed by atoms with E-state index in [1.54, 1.807) is 22.2 Å². The van der Waals surface area contributed by atoms with Gasteiger partial charge in [0.25, 0.3) is 0 Å². The summed E-state index contributed by atoms with van der Waals surface area (Å²) in [6.07, 6.45) is 12.7. The van der Waals surface area contributed by atoms with E-state index >= 15 is 0 Å². The van der Waals surface area contributed by atoms with Gasteiger partial charge in [0.15, 0.2) is 5.82 Å². The Hall–Kier alpha value is -4.95. The molecule has 5 heterocycles. The van der Waals surface area contributed by atoms with Gasteiger partial charge in [-0.3, -0.25) is 14.5 Å². The van der Waals surface area contributed by atoms with E-state index in [2.05, 4.69) is 31.4 Å². The zero-order valence-corrected chi connectivity index (χ0v) is 27.2. The van der Waals surface area contributed by atoms with Gasteiger partial charge in [-0.25, -0.2) is 15.0 Å². The Labute approximate surface area is 278 Å². The smallest absolute Gasteiger partial charge is 0.229 e. The number of nitrogens with zero attached hydrogens (tertiary/aromatic N) is 8. The number of benzene rings is 1. The molecular weight excluding hydrogens is 607 g/mol.